The third kappa shape index (κ3) is 4.68. The molecule has 0 bridgehead atoms. The number of nitrogens with zero attached hydrogens (tertiary/aromatic N) is 3. The summed E-state index contributed by atoms with van der Waals surface area (Å²) in [5, 5.41) is 13.8. The van der Waals surface area contributed by atoms with Gasteiger partial charge in [0.15, 0.2) is 0 Å². The highest BCUT2D eigenvalue weighted by Gasteiger charge is 2.42. The number of hydrogen-bond acceptors (Lipinski definition) is 4. The van der Waals surface area contributed by atoms with Crippen molar-refractivity contribution in [2.75, 3.05) is 0 Å². The lowest BCUT2D eigenvalue weighted by molar-refractivity contribution is -0.182. The van der Waals surface area contributed by atoms with Crippen molar-refractivity contribution in [1.29, 1.82) is 0 Å². The molecule has 9 heteroatoms. The van der Waals surface area contributed by atoms with Crippen molar-refractivity contribution < 1.29 is 18.0 Å². The van der Waals surface area contributed by atoms with Crippen molar-refractivity contribution >= 4 is 5.91 Å². The molecule has 0 saturated heterocycles. The van der Waals surface area contributed by atoms with Gasteiger partial charge in [-0.2, -0.15) is 13.2 Å². The molecule has 2 atom stereocenters. The van der Waals surface area contributed by atoms with Gasteiger partial charge in [0.25, 0.3) is 0 Å². The minimum atomic E-state index is -4.22. The molecule has 1 aliphatic rings. The molecule has 0 aliphatic carbocycles. The first-order chi connectivity index (χ1) is 11.0. The molecule has 0 spiro atoms. The van der Waals surface area contributed by atoms with Crippen molar-refractivity contribution in [1.82, 2.24) is 25.4 Å². The highest BCUT2D eigenvalue weighted by atomic mass is 19.4. The Kier molecular flexibility index (Phi) is 5.22. The van der Waals surface area contributed by atoms with Crippen LogP contribution in [-0.4, -0.2) is 38.4 Å². The Hall–Kier alpha value is -1.64. The van der Waals surface area contributed by atoms with Gasteiger partial charge in [0, 0.05) is 18.5 Å². The van der Waals surface area contributed by atoms with E-state index in [1.165, 1.54) is 4.57 Å². The van der Waals surface area contributed by atoms with E-state index in [1.54, 1.807) is 6.92 Å². The third-order valence-electron chi connectivity index (χ3n) is 3.94. The predicted octanol–water partition coefficient (Wildman–Crippen LogP) is 1.80. The Balaban J connectivity index is 1.98. The summed E-state index contributed by atoms with van der Waals surface area (Å²) in [7, 11) is 0. The zero-order chi connectivity index (χ0) is 18.1. The molecule has 1 aromatic rings. The standard InChI is InChI=1S/C15H24F3N5O/c1-9(13(24)20-14(2,3)4)19-7-12-22-21-11-6-5-10(8-23(11)12)15(16,17)18/h9-10,19H,5-8H2,1-4H3,(H,20,24)/t9-,10-/m1/s1. The maximum absolute atomic E-state index is 12.9. The molecule has 24 heavy (non-hydrogen) atoms. The SMILES string of the molecule is C[C@@H](NCc1nnc2n1C[C@H](C(F)(F)F)CC2)C(=O)NC(C)(C)C. The van der Waals surface area contributed by atoms with E-state index in [-0.39, 0.29) is 37.4 Å². The first-order valence-electron chi connectivity index (χ1n) is 8.00. The van der Waals surface area contributed by atoms with Gasteiger partial charge in [0.05, 0.1) is 18.5 Å². The molecule has 6 nitrogen and oxygen atoms in total. The van der Waals surface area contributed by atoms with E-state index < -0.39 is 18.1 Å². The van der Waals surface area contributed by atoms with Crippen LogP contribution in [0, 0.1) is 5.92 Å². The van der Waals surface area contributed by atoms with E-state index in [4.69, 9.17) is 0 Å². The van der Waals surface area contributed by atoms with Gasteiger partial charge < -0.3 is 9.88 Å². The molecule has 0 radical (unpaired) electrons. The Labute approximate surface area is 139 Å². The van der Waals surface area contributed by atoms with Gasteiger partial charge in [-0.25, -0.2) is 0 Å². The van der Waals surface area contributed by atoms with Gasteiger partial charge in [-0.05, 0) is 34.1 Å². The number of aromatic nitrogens is 3. The van der Waals surface area contributed by atoms with Crippen LogP contribution in [-0.2, 0) is 24.3 Å². The summed E-state index contributed by atoms with van der Waals surface area (Å²) in [6, 6.07) is -0.487. The van der Waals surface area contributed by atoms with Gasteiger partial charge in [-0.1, -0.05) is 0 Å². The zero-order valence-electron chi connectivity index (χ0n) is 14.4. The number of rotatable bonds is 4. The number of carbonyl (C=O) groups is 1. The molecule has 0 aromatic carbocycles. The molecule has 2 rings (SSSR count). The fraction of sp³-hybridized carbons (Fsp3) is 0.800. The molecule has 136 valence electrons. The molecule has 0 unspecified atom stereocenters. The highest BCUT2D eigenvalue weighted by Crippen LogP contribution is 2.34. The molecular weight excluding hydrogens is 323 g/mol. The van der Waals surface area contributed by atoms with E-state index in [9.17, 15) is 18.0 Å². The zero-order valence-corrected chi connectivity index (χ0v) is 14.4. The van der Waals surface area contributed by atoms with Crippen molar-refractivity contribution in [2.24, 2.45) is 5.92 Å². The monoisotopic (exact) mass is 347 g/mol. The number of carbonyl (C=O) groups excluding carboxylic acids is 1. The first kappa shape index (κ1) is 18.7. The number of halogens is 3. The molecule has 2 heterocycles. The maximum atomic E-state index is 12.9. The molecule has 1 aliphatic heterocycles. The van der Waals surface area contributed by atoms with E-state index in [0.717, 1.165) is 0 Å². The van der Waals surface area contributed by atoms with Gasteiger partial charge in [0.1, 0.15) is 11.6 Å². The molecular formula is C15H24F3N5O. The van der Waals surface area contributed by atoms with Crippen LogP contribution in [0.25, 0.3) is 0 Å². The van der Waals surface area contributed by atoms with E-state index in [0.29, 0.717) is 11.6 Å². The lowest BCUT2D eigenvalue weighted by Gasteiger charge is -2.26. The Bertz CT molecular complexity index is 591. The predicted molar refractivity (Wildman–Crippen MR) is 82.1 cm³/mol. The van der Waals surface area contributed by atoms with E-state index in [2.05, 4.69) is 20.8 Å². The summed E-state index contributed by atoms with van der Waals surface area (Å²) in [5.74, 6) is -0.552. The summed E-state index contributed by atoms with van der Waals surface area (Å²) in [6.45, 7) is 7.37. The Morgan fingerprint density at radius 3 is 2.58 bits per heavy atom. The minimum Gasteiger partial charge on any atom is -0.350 e. The van der Waals surface area contributed by atoms with E-state index in [1.807, 2.05) is 20.8 Å². The smallest absolute Gasteiger partial charge is 0.350 e. The first-order valence-corrected chi connectivity index (χ1v) is 8.00. The number of aryl methyl sites for hydroxylation is 1. The third-order valence-corrected chi connectivity index (χ3v) is 3.94. The van der Waals surface area contributed by atoms with Crippen LogP contribution in [0.1, 0.15) is 45.8 Å². The number of nitrogens with one attached hydrogen (secondary N) is 2. The molecule has 0 saturated carbocycles. The van der Waals surface area contributed by atoms with Gasteiger partial charge in [-0.3, -0.25) is 10.1 Å². The Morgan fingerprint density at radius 2 is 2.00 bits per heavy atom. The lowest BCUT2D eigenvalue weighted by atomic mass is 9.99. The molecule has 1 amide bonds. The Morgan fingerprint density at radius 1 is 1.33 bits per heavy atom. The quantitative estimate of drug-likeness (QED) is 0.871. The summed E-state index contributed by atoms with van der Waals surface area (Å²) in [6.07, 6.45) is -3.91. The average molecular weight is 347 g/mol. The summed E-state index contributed by atoms with van der Waals surface area (Å²) in [4.78, 5) is 12.0. The number of alkyl halides is 3. The summed E-state index contributed by atoms with van der Waals surface area (Å²) >= 11 is 0. The van der Waals surface area contributed by atoms with Gasteiger partial charge in [-0.15, -0.1) is 10.2 Å². The van der Waals surface area contributed by atoms with Crippen molar-refractivity contribution in [3.8, 4) is 0 Å². The second-order valence-electron chi connectivity index (χ2n) is 7.26. The minimum absolute atomic E-state index is 0.0411. The number of fused-ring (bicyclic) bond motifs is 1. The van der Waals surface area contributed by atoms with Crippen LogP contribution in [0.2, 0.25) is 0 Å². The van der Waals surface area contributed by atoms with Crippen LogP contribution in [0.5, 0.6) is 0 Å². The number of hydrogen-bond donors (Lipinski definition) is 2. The van der Waals surface area contributed by atoms with Crippen LogP contribution < -0.4 is 10.6 Å². The summed E-state index contributed by atoms with van der Waals surface area (Å²) in [5.41, 5.74) is -0.346. The lowest BCUT2D eigenvalue weighted by Crippen LogP contribution is -2.49. The normalized spacial score (nSPS) is 19.7. The van der Waals surface area contributed by atoms with Crippen molar-refractivity contribution in [3.05, 3.63) is 11.6 Å². The van der Waals surface area contributed by atoms with Crippen molar-refractivity contribution in [3.63, 3.8) is 0 Å². The van der Waals surface area contributed by atoms with Gasteiger partial charge in [0.2, 0.25) is 5.91 Å². The van der Waals surface area contributed by atoms with Crippen LogP contribution in [0.4, 0.5) is 13.2 Å². The maximum Gasteiger partial charge on any atom is 0.393 e. The average Bonchev–Trinajstić information content (AvgIpc) is 2.84. The molecule has 0 fully saturated rings. The van der Waals surface area contributed by atoms with Gasteiger partial charge >= 0.3 is 6.18 Å². The van der Waals surface area contributed by atoms with Crippen LogP contribution >= 0.6 is 0 Å². The second-order valence-corrected chi connectivity index (χ2v) is 7.26. The fourth-order valence-electron chi connectivity index (χ4n) is 2.60. The number of amides is 1. The van der Waals surface area contributed by atoms with E-state index >= 15 is 0 Å². The fourth-order valence-corrected chi connectivity index (χ4v) is 2.60. The second kappa shape index (κ2) is 6.70. The molecule has 2 N–H and O–H groups in total. The van der Waals surface area contributed by atoms with Crippen LogP contribution in [0.3, 0.4) is 0 Å². The largest absolute Gasteiger partial charge is 0.393 e. The van der Waals surface area contributed by atoms with Crippen LogP contribution in [0.15, 0.2) is 0 Å². The summed E-state index contributed by atoms with van der Waals surface area (Å²) < 4.78 is 40.3. The highest BCUT2D eigenvalue weighted by molar-refractivity contribution is 5.81. The molecule has 1 aromatic heterocycles. The topological polar surface area (TPSA) is 71.8 Å². The van der Waals surface area contributed by atoms with Crippen molar-refractivity contribution in [2.45, 2.75) is 71.4 Å².